The number of nitro benzene ring substituents is 1. The average molecular weight is 290 g/mol. The van der Waals surface area contributed by atoms with Crippen molar-refractivity contribution in [1.82, 2.24) is 5.32 Å². The molecule has 1 N–H and O–H groups in total. The molecule has 1 atom stereocenters. The summed E-state index contributed by atoms with van der Waals surface area (Å²) in [6.07, 6.45) is 4.86. The second-order valence-electron chi connectivity index (χ2n) is 4.98. The van der Waals surface area contributed by atoms with Gasteiger partial charge in [0.15, 0.2) is 0 Å². The molecule has 0 unspecified atom stereocenters. The summed E-state index contributed by atoms with van der Waals surface area (Å²) in [6.45, 7) is 2.04. The van der Waals surface area contributed by atoms with Gasteiger partial charge in [-0.05, 0) is 30.9 Å². The summed E-state index contributed by atoms with van der Waals surface area (Å²) in [4.78, 5) is 22.1. The minimum Gasteiger partial charge on any atom is -0.381 e. The Balaban J connectivity index is 1.88. The van der Waals surface area contributed by atoms with E-state index in [0.29, 0.717) is 24.6 Å². The molecular weight excluding hydrogens is 272 g/mol. The van der Waals surface area contributed by atoms with E-state index in [1.54, 1.807) is 18.2 Å². The Kier molecular flexibility index (Phi) is 5.45. The van der Waals surface area contributed by atoms with E-state index in [1.807, 2.05) is 0 Å². The number of hydrogen-bond donors (Lipinski definition) is 1. The van der Waals surface area contributed by atoms with Crippen LogP contribution >= 0.6 is 0 Å². The monoisotopic (exact) mass is 290 g/mol. The van der Waals surface area contributed by atoms with Gasteiger partial charge in [-0.3, -0.25) is 14.9 Å². The molecule has 2 rings (SSSR count). The number of nitrogens with zero attached hydrogens (tertiary/aromatic N) is 1. The van der Waals surface area contributed by atoms with Gasteiger partial charge >= 0.3 is 0 Å². The molecular formula is C15H18N2O4. The molecule has 1 aliphatic heterocycles. The summed E-state index contributed by atoms with van der Waals surface area (Å²) in [6, 6.07) is 6.32. The molecule has 1 aliphatic rings. The second kappa shape index (κ2) is 7.54. The summed E-state index contributed by atoms with van der Waals surface area (Å²) >= 11 is 0. The van der Waals surface area contributed by atoms with Crippen LogP contribution in [0.1, 0.15) is 18.4 Å². The maximum absolute atomic E-state index is 11.7. The van der Waals surface area contributed by atoms with E-state index in [4.69, 9.17) is 4.74 Å². The van der Waals surface area contributed by atoms with Crippen molar-refractivity contribution in [3.63, 3.8) is 0 Å². The van der Waals surface area contributed by atoms with Crippen molar-refractivity contribution < 1.29 is 14.5 Å². The molecule has 1 amide bonds. The van der Waals surface area contributed by atoms with Gasteiger partial charge < -0.3 is 10.1 Å². The molecule has 1 aromatic rings. The number of ether oxygens (including phenoxy) is 1. The number of amides is 1. The quantitative estimate of drug-likeness (QED) is 0.512. The number of hydrogen-bond acceptors (Lipinski definition) is 4. The Bertz CT molecular complexity index is 536. The van der Waals surface area contributed by atoms with E-state index in [-0.39, 0.29) is 11.6 Å². The fourth-order valence-electron chi connectivity index (χ4n) is 2.23. The largest absolute Gasteiger partial charge is 0.381 e. The Morgan fingerprint density at radius 1 is 1.48 bits per heavy atom. The molecule has 6 nitrogen and oxygen atoms in total. The maximum atomic E-state index is 11.7. The molecule has 0 radical (unpaired) electrons. The van der Waals surface area contributed by atoms with Gasteiger partial charge in [-0.25, -0.2) is 0 Å². The fourth-order valence-corrected chi connectivity index (χ4v) is 2.23. The van der Waals surface area contributed by atoms with Crippen molar-refractivity contribution in [1.29, 1.82) is 0 Å². The minimum atomic E-state index is -0.461. The molecule has 1 fully saturated rings. The topological polar surface area (TPSA) is 81.5 Å². The van der Waals surface area contributed by atoms with Crippen molar-refractivity contribution >= 4 is 17.7 Å². The zero-order valence-corrected chi connectivity index (χ0v) is 11.7. The standard InChI is InChI=1S/C15H18N2O4/c18-15(16-10-12-4-3-9-21-11-12)8-7-13-5-1-2-6-14(13)17(19)20/h1-2,5-8,12H,3-4,9-11H2,(H,16,18)/b8-7+/t12-/m0/s1. The first kappa shape index (κ1) is 15.2. The van der Waals surface area contributed by atoms with Gasteiger partial charge in [-0.2, -0.15) is 0 Å². The smallest absolute Gasteiger partial charge is 0.276 e. The van der Waals surface area contributed by atoms with E-state index < -0.39 is 4.92 Å². The van der Waals surface area contributed by atoms with Crippen molar-refractivity contribution in [3.8, 4) is 0 Å². The van der Waals surface area contributed by atoms with Crippen LogP contribution in [-0.2, 0) is 9.53 Å². The lowest BCUT2D eigenvalue weighted by molar-refractivity contribution is -0.385. The number of nitro groups is 1. The van der Waals surface area contributed by atoms with Gasteiger partial charge in [0.1, 0.15) is 0 Å². The van der Waals surface area contributed by atoms with Gasteiger partial charge in [0.25, 0.3) is 5.69 Å². The molecule has 1 heterocycles. The second-order valence-corrected chi connectivity index (χ2v) is 4.98. The van der Waals surface area contributed by atoms with Crippen LogP contribution in [0.4, 0.5) is 5.69 Å². The van der Waals surface area contributed by atoms with Crippen molar-refractivity contribution in [2.75, 3.05) is 19.8 Å². The van der Waals surface area contributed by atoms with Crippen LogP contribution in [0, 0.1) is 16.0 Å². The van der Waals surface area contributed by atoms with Gasteiger partial charge in [0, 0.05) is 25.3 Å². The first-order valence-corrected chi connectivity index (χ1v) is 6.94. The Labute approximate surface area is 122 Å². The van der Waals surface area contributed by atoms with Crippen LogP contribution in [0.2, 0.25) is 0 Å². The van der Waals surface area contributed by atoms with Gasteiger partial charge in [0.05, 0.1) is 17.1 Å². The predicted molar refractivity (Wildman–Crippen MR) is 78.7 cm³/mol. The first-order valence-electron chi connectivity index (χ1n) is 6.94. The van der Waals surface area contributed by atoms with E-state index in [0.717, 1.165) is 19.4 Å². The number of benzene rings is 1. The Morgan fingerprint density at radius 3 is 3.00 bits per heavy atom. The summed E-state index contributed by atoms with van der Waals surface area (Å²) in [5, 5.41) is 13.7. The van der Waals surface area contributed by atoms with Crippen molar-refractivity contribution in [2.45, 2.75) is 12.8 Å². The third-order valence-corrected chi connectivity index (χ3v) is 3.37. The van der Waals surface area contributed by atoms with E-state index >= 15 is 0 Å². The van der Waals surface area contributed by atoms with E-state index in [1.165, 1.54) is 18.2 Å². The van der Waals surface area contributed by atoms with Crippen molar-refractivity contribution in [3.05, 3.63) is 46.0 Å². The highest BCUT2D eigenvalue weighted by molar-refractivity contribution is 5.92. The highest BCUT2D eigenvalue weighted by atomic mass is 16.6. The molecule has 21 heavy (non-hydrogen) atoms. The summed E-state index contributed by atoms with van der Waals surface area (Å²) in [7, 11) is 0. The molecule has 0 bridgehead atoms. The number of carbonyl (C=O) groups excluding carboxylic acids is 1. The molecule has 0 saturated carbocycles. The lowest BCUT2D eigenvalue weighted by Gasteiger charge is -2.21. The highest BCUT2D eigenvalue weighted by Crippen LogP contribution is 2.18. The molecule has 0 aliphatic carbocycles. The van der Waals surface area contributed by atoms with Crippen LogP contribution < -0.4 is 5.32 Å². The van der Waals surface area contributed by atoms with Crippen molar-refractivity contribution in [2.24, 2.45) is 5.92 Å². The molecule has 6 heteroatoms. The Hall–Kier alpha value is -2.21. The first-order chi connectivity index (χ1) is 10.2. The van der Waals surface area contributed by atoms with Gasteiger partial charge in [-0.1, -0.05) is 12.1 Å². The lowest BCUT2D eigenvalue weighted by Crippen LogP contribution is -2.32. The Morgan fingerprint density at radius 2 is 2.29 bits per heavy atom. The van der Waals surface area contributed by atoms with Crippen LogP contribution in [-0.4, -0.2) is 30.6 Å². The lowest BCUT2D eigenvalue weighted by atomic mass is 10.0. The van der Waals surface area contributed by atoms with E-state index in [2.05, 4.69) is 5.32 Å². The van der Waals surface area contributed by atoms with E-state index in [9.17, 15) is 14.9 Å². The summed E-state index contributed by atoms with van der Waals surface area (Å²) < 4.78 is 5.34. The fraction of sp³-hybridized carbons (Fsp3) is 0.400. The molecule has 0 spiro atoms. The van der Waals surface area contributed by atoms with Gasteiger partial charge in [-0.15, -0.1) is 0 Å². The number of rotatable bonds is 5. The van der Waals surface area contributed by atoms with Crippen LogP contribution in [0.25, 0.3) is 6.08 Å². The molecule has 1 saturated heterocycles. The molecule has 112 valence electrons. The maximum Gasteiger partial charge on any atom is 0.276 e. The average Bonchev–Trinajstić information content (AvgIpc) is 2.52. The molecule has 1 aromatic carbocycles. The third-order valence-electron chi connectivity index (χ3n) is 3.37. The highest BCUT2D eigenvalue weighted by Gasteiger charge is 2.14. The van der Waals surface area contributed by atoms with Crippen LogP contribution in [0.5, 0.6) is 0 Å². The van der Waals surface area contributed by atoms with Crippen LogP contribution in [0.15, 0.2) is 30.3 Å². The minimum absolute atomic E-state index is 0.0118. The molecule has 0 aromatic heterocycles. The number of nitrogens with one attached hydrogen (secondary N) is 1. The summed E-state index contributed by atoms with van der Waals surface area (Å²) in [5.41, 5.74) is 0.404. The zero-order chi connectivity index (χ0) is 15.1. The summed E-state index contributed by atoms with van der Waals surface area (Å²) in [5.74, 6) is 0.0980. The third kappa shape index (κ3) is 4.68. The SMILES string of the molecule is O=C(/C=C/c1ccccc1[N+](=O)[O-])NC[C@@H]1CCCOC1. The number of carbonyl (C=O) groups is 1. The zero-order valence-electron chi connectivity index (χ0n) is 11.7. The van der Waals surface area contributed by atoms with Crippen LogP contribution in [0.3, 0.4) is 0 Å². The van der Waals surface area contributed by atoms with Gasteiger partial charge in [0.2, 0.25) is 5.91 Å². The normalized spacial score (nSPS) is 18.6. The number of para-hydroxylation sites is 1. The predicted octanol–water partition coefficient (Wildman–Crippen LogP) is 2.15.